The molecule has 2 aromatic carbocycles. The maximum absolute atomic E-state index is 9.10. The van der Waals surface area contributed by atoms with Crippen LogP contribution in [0.3, 0.4) is 0 Å². The minimum atomic E-state index is 0.281. The number of methoxy groups -OCH3 is 2. The van der Waals surface area contributed by atoms with E-state index in [4.69, 9.17) is 14.7 Å². The molecule has 0 unspecified atom stereocenters. The maximum atomic E-state index is 9.10. The average Bonchev–Trinajstić information content (AvgIpc) is 2.92. The molecule has 0 N–H and O–H groups in total. The van der Waals surface area contributed by atoms with Crippen LogP contribution < -0.4 is 9.47 Å². The molecule has 116 valence electrons. The van der Waals surface area contributed by atoms with Crippen LogP contribution >= 0.6 is 0 Å². The van der Waals surface area contributed by atoms with Crippen LogP contribution in [0.25, 0.3) is 11.0 Å². The first kappa shape index (κ1) is 14.9. The topological polar surface area (TPSA) is 60.1 Å². The van der Waals surface area contributed by atoms with Gasteiger partial charge in [0.1, 0.15) is 12.4 Å². The van der Waals surface area contributed by atoms with Crippen molar-refractivity contribution in [3.63, 3.8) is 0 Å². The number of nitrogens with zero attached hydrogens (tertiary/aromatic N) is 3. The first-order valence-electron chi connectivity index (χ1n) is 7.29. The van der Waals surface area contributed by atoms with Gasteiger partial charge in [-0.25, -0.2) is 4.98 Å². The lowest BCUT2D eigenvalue weighted by Gasteiger charge is -2.10. The fourth-order valence-electron chi connectivity index (χ4n) is 2.68. The Morgan fingerprint density at radius 2 is 1.87 bits per heavy atom. The third-order valence-electron chi connectivity index (χ3n) is 3.77. The van der Waals surface area contributed by atoms with Crippen molar-refractivity contribution in [1.29, 1.82) is 5.26 Å². The first-order valence-corrected chi connectivity index (χ1v) is 7.29. The van der Waals surface area contributed by atoms with Crippen LogP contribution in [0.15, 0.2) is 42.5 Å². The molecule has 1 aromatic heterocycles. The zero-order chi connectivity index (χ0) is 16.2. The molecule has 0 aliphatic carbocycles. The predicted molar refractivity (Wildman–Crippen MR) is 87.7 cm³/mol. The van der Waals surface area contributed by atoms with E-state index in [9.17, 15) is 0 Å². The highest BCUT2D eigenvalue weighted by Crippen LogP contribution is 2.29. The minimum absolute atomic E-state index is 0.281. The van der Waals surface area contributed by atoms with Crippen LogP contribution in [0.5, 0.6) is 11.5 Å². The molecule has 0 aliphatic heterocycles. The standard InChI is InChI=1S/C18H17N3O2/c1-22-16-8-7-13(11-17(16)23-2)12-18-20-14-5-3-4-6-15(14)21(18)10-9-19/h3-8,11H,10,12H2,1-2H3. The zero-order valence-corrected chi connectivity index (χ0v) is 13.1. The summed E-state index contributed by atoms with van der Waals surface area (Å²) in [6.07, 6.45) is 0.622. The van der Waals surface area contributed by atoms with E-state index in [1.54, 1.807) is 14.2 Å². The maximum Gasteiger partial charge on any atom is 0.161 e. The molecule has 1 heterocycles. The van der Waals surface area contributed by atoms with E-state index >= 15 is 0 Å². The van der Waals surface area contributed by atoms with Crippen LogP contribution in [0.2, 0.25) is 0 Å². The third kappa shape index (κ3) is 2.84. The van der Waals surface area contributed by atoms with Crippen molar-refractivity contribution < 1.29 is 9.47 Å². The minimum Gasteiger partial charge on any atom is -0.493 e. The van der Waals surface area contributed by atoms with Crippen LogP contribution in [0.4, 0.5) is 0 Å². The van der Waals surface area contributed by atoms with E-state index in [0.29, 0.717) is 17.9 Å². The Kier molecular flexibility index (Phi) is 4.15. The summed E-state index contributed by atoms with van der Waals surface area (Å²) in [5.41, 5.74) is 2.93. The summed E-state index contributed by atoms with van der Waals surface area (Å²) in [7, 11) is 3.23. The number of para-hydroxylation sites is 2. The monoisotopic (exact) mass is 307 g/mol. The second-order valence-corrected chi connectivity index (χ2v) is 5.13. The number of fused-ring (bicyclic) bond motifs is 1. The van der Waals surface area contributed by atoms with E-state index in [2.05, 4.69) is 11.1 Å². The molecule has 3 aromatic rings. The molecule has 0 saturated carbocycles. The van der Waals surface area contributed by atoms with Crippen molar-refractivity contribution in [2.45, 2.75) is 13.0 Å². The van der Waals surface area contributed by atoms with Gasteiger partial charge in [-0.1, -0.05) is 18.2 Å². The third-order valence-corrected chi connectivity index (χ3v) is 3.77. The number of hydrogen-bond acceptors (Lipinski definition) is 4. The molecule has 0 aliphatic rings. The Bertz CT molecular complexity index is 878. The number of benzene rings is 2. The van der Waals surface area contributed by atoms with Crippen molar-refractivity contribution in [3.8, 4) is 17.6 Å². The van der Waals surface area contributed by atoms with Gasteiger partial charge in [-0.2, -0.15) is 5.26 Å². The highest BCUT2D eigenvalue weighted by Gasteiger charge is 2.12. The first-order chi connectivity index (χ1) is 11.3. The number of rotatable bonds is 5. The van der Waals surface area contributed by atoms with Gasteiger partial charge in [0.05, 0.1) is 31.3 Å². The summed E-state index contributed by atoms with van der Waals surface area (Å²) < 4.78 is 12.6. The van der Waals surface area contributed by atoms with E-state index in [1.165, 1.54) is 0 Å². The van der Waals surface area contributed by atoms with Crippen molar-refractivity contribution in [2.24, 2.45) is 0 Å². The van der Waals surface area contributed by atoms with E-state index in [1.807, 2.05) is 47.0 Å². The summed E-state index contributed by atoms with van der Waals surface area (Å²) in [5.74, 6) is 2.25. The second kappa shape index (κ2) is 6.41. The molecular weight excluding hydrogens is 290 g/mol. The number of aromatic nitrogens is 2. The molecule has 0 amide bonds. The fourth-order valence-corrected chi connectivity index (χ4v) is 2.68. The Morgan fingerprint density at radius 1 is 1.09 bits per heavy atom. The summed E-state index contributed by atoms with van der Waals surface area (Å²) in [6.45, 7) is 0.281. The van der Waals surface area contributed by atoms with E-state index in [0.717, 1.165) is 22.4 Å². The SMILES string of the molecule is COc1ccc(Cc2nc3ccccc3n2CC#N)cc1OC. The normalized spacial score (nSPS) is 10.5. The van der Waals surface area contributed by atoms with Gasteiger partial charge in [-0.15, -0.1) is 0 Å². The molecule has 0 saturated heterocycles. The summed E-state index contributed by atoms with van der Waals surface area (Å²) in [6, 6.07) is 15.9. The Morgan fingerprint density at radius 3 is 2.61 bits per heavy atom. The molecule has 0 atom stereocenters. The molecule has 5 nitrogen and oxygen atoms in total. The second-order valence-electron chi connectivity index (χ2n) is 5.13. The predicted octanol–water partition coefficient (Wildman–Crippen LogP) is 3.17. The molecule has 23 heavy (non-hydrogen) atoms. The highest BCUT2D eigenvalue weighted by atomic mass is 16.5. The van der Waals surface area contributed by atoms with Crippen LogP contribution in [0, 0.1) is 11.3 Å². The van der Waals surface area contributed by atoms with Gasteiger partial charge >= 0.3 is 0 Å². The summed E-state index contributed by atoms with van der Waals surface area (Å²) in [4.78, 5) is 4.66. The van der Waals surface area contributed by atoms with Gasteiger partial charge in [0.15, 0.2) is 11.5 Å². The largest absolute Gasteiger partial charge is 0.493 e. The average molecular weight is 307 g/mol. The Labute approximate surface area is 134 Å². The number of ether oxygens (including phenoxy) is 2. The van der Waals surface area contributed by atoms with E-state index in [-0.39, 0.29) is 6.54 Å². The van der Waals surface area contributed by atoms with Gasteiger partial charge in [0, 0.05) is 6.42 Å². The zero-order valence-electron chi connectivity index (χ0n) is 13.1. The van der Waals surface area contributed by atoms with Gasteiger partial charge in [0.25, 0.3) is 0 Å². The van der Waals surface area contributed by atoms with Crippen LogP contribution in [0.1, 0.15) is 11.4 Å². The van der Waals surface area contributed by atoms with Crippen LogP contribution in [-0.4, -0.2) is 23.8 Å². The number of nitriles is 1. The van der Waals surface area contributed by atoms with Crippen molar-refractivity contribution in [1.82, 2.24) is 9.55 Å². The molecule has 0 fully saturated rings. The highest BCUT2D eigenvalue weighted by molar-refractivity contribution is 5.76. The fraction of sp³-hybridized carbons (Fsp3) is 0.222. The van der Waals surface area contributed by atoms with E-state index < -0.39 is 0 Å². The van der Waals surface area contributed by atoms with Crippen LogP contribution in [-0.2, 0) is 13.0 Å². The van der Waals surface area contributed by atoms with Crippen molar-refractivity contribution in [2.75, 3.05) is 14.2 Å². The van der Waals surface area contributed by atoms with Gasteiger partial charge in [-0.3, -0.25) is 0 Å². The molecular formula is C18H17N3O2. The summed E-state index contributed by atoms with van der Waals surface area (Å²) in [5, 5.41) is 9.10. The smallest absolute Gasteiger partial charge is 0.161 e. The lowest BCUT2D eigenvalue weighted by atomic mass is 10.1. The van der Waals surface area contributed by atoms with Gasteiger partial charge in [0.2, 0.25) is 0 Å². The van der Waals surface area contributed by atoms with Crippen molar-refractivity contribution in [3.05, 3.63) is 53.9 Å². The summed E-state index contributed by atoms with van der Waals surface area (Å²) >= 11 is 0. The molecule has 0 spiro atoms. The number of imidazole rings is 1. The van der Waals surface area contributed by atoms with Gasteiger partial charge in [-0.05, 0) is 29.8 Å². The quantitative estimate of drug-likeness (QED) is 0.726. The van der Waals surface area contributed by atoms with Gasteiger partial charge < -0.3 is 14.0 Å². The molecule has 0 bridgehead atoms. The Hall–Kier alpha value is -3.00. The Balaban J connectivity index is 2.01. The lowest BCUT2D eigenvalue weighted by Crippen LogP contribution is -2.04. The molecule has 0 radical (unpaired) electrons. The lowest BCUT2D eigenvalue weighted by molar-refractivity contribution is 0.354. The molecule has 5 heteroatoms. The van der Waals surface area contributed by atoms with Crippen molar-refractivity contribution >= 4 is 11.0 Å². The number of hydrogen-bond donors (Lipinski definition) is 0. The molecule has 3 rings (SSSR count).